The standard InChI is InChI=1S/C13H11N3O/c1-8-14-11-7-10(9-5-3-2-4-6-9)16-12(11)13(17)15-8/h2-7,16H,1H3,(H,14,15,17). The van der Waals surface area contributed by atoms with Gasteiger partial charge in [0.05, 0.1) is 5.52 Å². The Hall–Kier alpha value is -2.36. The summed E-state index contributed by atoms with van der Waals surface area (Å²) >= 11 is 0. The number of hydrogen-bond acceptors (Lipinski definition) is 3. The van der Waals surface area contributed by atoms with Crippen LogP contribution in [0, 0.1) is 6.92 Å². The highest BCUT2D eigenvalue weighted by Crippen LogP contribution is 2.26. The van der Waals surface area contributed by atoms with Gasteiger partial charge in [-0.05, 0) is 18.6 Å². The molecule has 0 bridgehead atoms. The average molecular weight is 225 g/mol. The van der Waals surface area contributed by atoms with Gasteiger partial charge >= 0.3 is 0 Å². The molecule has 0 amide bonds. The number of H-pyrrole nitrogens is 1. The number of nitrogens with one attached hydrogen (secondary N) is 1. The fraction of sp³-hybridized carbons (Fsp3) is 0.0769. The summed E-state index contributed by atoms with van der Waals surface area (Å²) in [6, 6.07) is 11.8. The van der Waals surface area contributed by atoms with Crippen molar-refractivity contribution in [2.45, 2.75) is 6.92 Å². The van der Waals surface area contributed by atoms with Gasteiger partial charge in [-0.3, -0.25) is 0 Å². The van der Waals surface area contributed by atoms with Crippen molar-refractivity contribution in [1.29, 1.82) is 0 Å². The summed E-state index contributed by atoms with van der Waals surface area (Å²) in [5.41, 5.74) is 3.29. The highest BCUT2D eigenvalue weighted by molar-refractivity contribution is 5.85. The van der Waals surface area contributed by atoms with E-state index in [0.717, 1.165) is 16.8 Å². The topological polar surface area (TPSA) is 61.8 Å². The van der Waals surface area contributed by atoms with Crippen LogP contribution < -0.4 is 0 Å². The van der Waals surface area contributed by atoms with E-state index < -0.39 is 0 Å². The van der Waals surface area contributed by atoms with E-state index >= 15 is 0 Å². The summed E-state index contributed by atoms with van der Waals surface area (Å²) in [5.74, 6) is 0.559. The highest BCUT2D eigenvalue weighted by Gasteiger charge is 2.09. The summed E-state index contributed by atoms with van der Waals surface area (Å²) < 4.78 is 0. The van der Waals surface area contributed by atoms with E-state index in [0.29, 0.717) is 11.3 Å². The zero-order chi connectivity index (χ0) is 11.8. The first-order valence-corrected chi connectivity index (χ1v) is 5.36. The molecule has 2 heterocycles. The minimum Gasteiger partial charge on any atom is -0.492 e. The maximum Gasteiger partial charge on any atom is 0.239 e. The third-order valence-electron chi connectivity index (χ3n) is 2.66. The first-order valence-electron chi connectivity index (χ1n) is 5.36. The number of nitrogens with zero attached hydrogens (tertiary/aromatic N) is 2. The van der Waals surface area contributed by atoms with Gasteiger partial charge in [-0.2, -0.15) is 4.98 Å². The van der Waals surface area contributed by atoms with Crippen LogP contribution in [-0.2, 0) is 0 Å². The van der Waals surface area contributed by atoms with Crippen molar-refractivity contribution in [3.63, 3.8) is 0 Å². The van der Waals surface area contributed by atoms with E-state index in [-0.39, 0.29) is 5.88 Å². The van der Waals surface area contributed by atoms with Crippen molar-refractivity contribution in [3.05, 3.63) is 42.2 Å². The van der Waals surface area contributed by atoms with Crippen LogP contribution in [0.1, 0.15) is 5.82 Å². The van der Waals surface area contributed by atoms with Gasteiger partial charge in [0.25, 0.3) is 0 Å². The van der Waals surface area contributed by atoms with E-state index in [9.17, 15) is 5.11 Å². The number of aryl methyl sites for hydroxylation is 1. The number of fused-ring (bicyclic) bond motifs is 1. The number of rotatable bonds is 1. The van der Waals surface area contributed by atoms with E-state index in [1.54, 1.807) is 6.92 Å². The monoisotopic (exact) mass is 225 g/mol. The third-order valence-corrected chi connectivity index (χ3v) is 2.66. The third kappa shape index (κ3) is 1.63. The molecule has 0 atom stereocenters. The van der Waals surface area contributed by atoms with Gasteiger partial charge in [0.15, 0.2) is 0 Å². The fourth-order valence-corrected chi connectivity index (χ4v) is 1.88. The van der Waals surface area contributed by atoms with Crippen LogP contribution >= 0.6 is 0 Å². The molecule has 0 unspecified atom stereocenters. The van der Waals surface area contributed by atoms with E-state index in [1.807, 2.05) is 36.4 Å². The first kappa shape index (κ1) is 9.84. The van der Waals surface area contributed by atoms with Crippen LogP contribution in [0.25, 0.3) is 22.3 Å². The Morgan fingerprint density at radius 2 is 1.88 bits per heavy atom. The van der Waals surface area contributed by atoms with Crippen LogP contribution in [0.3, 0.4) is 0 Å². The van der Waals surface area contributed by atoms with Crippen molar-refractivity contribution < 1.29 is 5.11 Å². The number of hydrogen-bond donors (Lipinski definition) is 2. The van der Waals surface area contributed by atoms with Crippen molar-refractivity contribution in [2.75, 3.05) is 0 Å². The molecule has 0 radical (unpaired) electrons. The Balaban J connectivity index is 2.24. The Kier molecular flexibility index (Phi) is 2.08. The Morgan fingerprint density at radius 3 is 2.65 bits per heavy atom. The minimum absolute atomic E-state index is 0.00492. The largest absolute Gasteiger partial charge is 0.492 e. The van der Waals surface area contributed by atoms with Gasteiger partial charge in [-0.25, -0.2) is 4.98 Å². The lowest BCUT2D eigenvalue weighted by molar-refractivity contribution is 0.456. The van der Waals surface area contributed by atoms with Gasteiger partial charge in [0.2, 0.25) is 5.88 Å². The normalized spacial score (nSPS) is 10.9. The smallest absolute Gasteiger partial charge is 0.239 e. The zero-order valence-electron chi connectivity index (χ0n) is 9.31. The molecule has 4 nitrogen and oxygen atoms in total. The van der Waals surface area contributed by atoms with Gasteiger partial charge in [0.1, 0.15) is 11.3 Å². The lowest BCUT2D eigenvalue weighted by Gasteiger charge is -1.96. The molecule has 4 heteroatoms. The second kappa shape index (κ2) is 3.59. The van der Waals surface area contributed by atoms with Crippen molar-refractivity contribution in [2.24, 2.45) is 0 Å². The minimum atomic E-state index is -0.00492. The summed E-state index contributed by atoms with van der Waals surface area (Å²) in [6.07, 6.45) is 0. The first-order chi connectivity index (χ1) is 8.24. The molecule has 3 aromatic rings. The van der Waals surface area contributed by atoms with Gasteiger partial charge in [-0.1, -0.05) is 30.3 Å². The van der Waals surface area contributed by atoms with Crippen LogP contribution in [0.5, 0.6) is 5.88 Å². The second-order valence-electron chi connectivity index (χ2n) is 3.90. The molecule has 0 aliphatic carbocycles. The molecule has 0 aliphatic heterocycles. The summed E-state index contributed by atoms with van der Waals surface area (Å²) in [5, 5.41) is 9.73. The molecule has 0 saturated heterocycles. The lowest BCUT2D eigenvalue weighted by Crippen LogP contribution is -1.87. The molecule has 17 heavy (non-hydrogen) atoms. The van der Waals surface area contributed by atoms with Crippen molar-refractivity contribution >= 4 is 11.0 Å². The Bertz CT molecular complexity index is 674. The lowest BCUT2D eigenvalue weighted by atomic mass is 10.2. The van der Waals surface area contributed by atoms with Crippen molar-refractivity contribution in [1.82, 2.24) is 15.0 Å². The van der Waals surface area contributed by atoms with Gasteiger partial charge in [-0.15, -0.1) is 0 Å². The molecular formula is C13H11N3O. The SMILES string of the molecule is Cc1nc(O)c2[nH]c(-c3ccccc3)cc2n1. The molecular weight excluding hydrogens is 214 g/mol. The van der Waals surface area contributed by atoms with E-state index in [1.165, 1.54) is 0 Å². The molecule has 3 rings (SSSR count). The summed E-state index contributed by atoms with van der Waals surface area (Å²) in [6.45, 7) is 1.76. The molecule has 2 aromatic heterocycles. The van der Waals surface area contributed by atoms with E-state index in [2.05, 4.69) is 15.0 Å². The predicted molar refractivity (Wildman–Crippen MR) is 65.7 cm³/mol. The molecule has 0 fully saturated rings. The van der Waals surface area contributed by atoms with Crippen molar-refractivity contribution in [3.8, 4) is 17.1 Å². The zero-order valence-corrected chi connectivity index (χ0v) is 9.31. The molecule has 0 aliphatic rings. The van der Waals surface area contributed by atoms with Crippen LogP contribution in [-0.4, -0.2) is 20.1 Å². The number of benzene rings is 1. The molecule has 0 saturated carbocycles. The second-order valence-corrected chi connectivity index (χ2v) is 3.90. The summed E-state index contributed by atoms with van der Waals surface area (Å²) in [7, 11) is 0. The maximum absolute atomic E-state index is 9.73. The average Bonchev–Trinajstić information content (AvgIpc) is 2.74. The maximum atomic E-state index is 9.73. The molecule has 0 spiro atoms. The van der Waals surface area contributed by atoms with Crippen LogP contribution in [0.2, 0.25) is 0 Å². The van der Waals surface area contributed by atoms with Crippen LogP contribution in [0.15, 0.2) is 36.4 Å². The quantitative estimate of drug-likeness (QED) is 0.669. The molecule has 1 aromatic carbocycles. The predicted octanol–water partition coefficient (Wildman–Crippen LogP) is 2.64. The number of aromatic amines is 1. The Labute approximate surface area is 98.0 Å². The number of aromatic hydroxyl groups is 1. The molecule has 2 N–H and O–H groups in total. The van der Waals surface area contributed by atoms with Gasteiger partial charge in [0, 0.05) is 5.69 Å². The highest BCUT2D eigenvalue weighted by atomic mass is 16.3. The number of aromatic nitrogens is 3. The van der Waals surface area contributed by atoms with E-state index in [4.69, 9.17) is 0 Å². The van der Waals surface area contributed by atoms with Crippen LogP contribution in [0.4, 0.5) is 0 Å². The van der Waals surface area contributed by atoms with Gasteiger partial charge < -0.3 is 10.1 Å². The fourth-order valence-electron chi connectivity index (χ4n) is 1.88. The molecule has 84 valence electrons. The summed E-state index contributed by atoms with van der Waals surface area (Å²) in [4.78, 5) is 11.3. The Morgan fingerprint density at radius 1 is 1.12 bits per heavy atom.